The van der Waals surface area contributed by atoms with Crippen LogP contribution in [0.4, 0.5) is 11.4 Å². The third-order valence-corrected chi connectivity index (χ3v) is 4.25. The van der Waals surface area contributed by atoms with Gasteiger partial charge < -0.3 is 15.0 Å². The normalized spacial score (nSPS) is 13.8. The molecule has 0 spiro atoms. The number of amides is 2. The summed E-state index contributed by atoms with van der Waals surface area (Å²) in [7, 11) is 1.70. The smallest absolute Gasteiger partial charge is 0.255 e. The number of anilines is 2. The quantitative estimate of drug-likeness (QED) is 0.922. The largest absolute Gasteiger partial charge is 0.491 e. The molecule has 0 saturated carbocycles. The van der Waals surface area contributed by atoms with Crippen molar-refractivity contribution in [1.82, 2.24) is 0 Å². The summed E-state index contributed by atoms with van der Waals surface area (Å²) in [6.45, 7) is 4.27. The standard InChI is InChI=1S/C19H20N2O3/c1-12-5-4-6-13(2)18(12)20-19(23)14-7-8-16-15(11-14)21(3)17(22)9-10-24-16/h4-8,11H,9-10H2,1-3H3,(H,20,23). The van der Waals surface area contributed by atoms with Crippen molar-refractivity contribution >= 4 is 23.2 Å². The van der Waals surface area contributed by atoms with Crippen molar-refractivity contribution in [3.8, 4) is 5.75 Å². The first kappa shape index (κ1) is 16.1. The molecule has 5 heteroatoms. The predicted molar refractivity (Wildman–Crippen MR) is 93.8 cm³/mol. The van der Waals surface area contributed by atoms with Crippen LogP contribution in [0.15, 0.2) is 36.4 Å². The maximum Gasteiger partial charge on any atom is 0.255 e. The van der Waals surface area contributed by atoms with E-state index in [1.54, 1.807) is 25.2 Å². The van der Waals surface area contributed by atoms with E-state index in [9.17, 15) is 9.59 Å². The fourth-order valence-corrected chi connectivity index (χ4v) is 2.79. The van der Waals surface area contributed by atoms with Crippen molar-refractivity contribution in [1.29, 1.82) is 0 Å². The van der Waals surface area contributed by atoms with E-state index < -0.39 is 0 Å². The Morgan fingerprint density at radius 1 is 1.17 bits per heavy atom. The van der Waals surface area contributed by atoms with Crippen LogP contribution >= 0.6 is 0 Å². The maximum absolute atomic E-state index is 12.6. The van der Waals surface area contributed by atoms with Gasteiger partial charge >= 0.3 is 0 Å². The fraction of sp³-hybridized carbons (Fsp3) is 0.263. The summed E-state index contributed by atoms with van der Waals surface area (Å²) in [5.74, 6) is 0.383. The second-order valence-corrected chi connectivity index (χ2v) is 5.95. The molecule has 1 heterocycles. The van der Waals surface area contributed by atoms with Crippen molar-refractivity contribution < 1.29 is 14.3 Å². The van der Waals surface area contributed by atoms with E-state index >= 15 is 0 Å². The van der Waals surface area contributed by atoms with Crippen molar-refractivity contribution in [3.05, 3.63) is 53.1 Å². The maximum atomic E-state index is 12.6. The average molecular weight is 324 g/mol. The summed E-state index contributed by atoms with van der Waals surface area (Å²) < 4.78 is 5.59. The van der Waals surface area contributed by atoms with Crippen molar-refractivity contribution in [2.45, 2.75) is 20.3 Å². The summed E-state index contributed by atoms with van der Waals surface area (Å²) in [6, 6.07) is 11.0. The van der Waals surface area contributed by atoms with Gasteiger partial charge in [0.05, 0.1) is 18.7 Å². The Morgan fingerprint density at radius 2 is 1.88 bits per heavy atom. The number of fused-ring (bicyclic) bond motifs is 1. The molecule has 2 aromatic rings. The molecule has 0 fully saturated rings. The van der Waals surface area contributed by atoms with Crippen LogP contribution in [0.1, 0.15) is 27.9 Å². The van der Waals surface area contributed by atoms with Gasteiger partial charge in [0.15, 0.2) is 0 Å². The number of hydrogen-bond acceptors (Lipinski definition) is 3. The number of ether oxygens (including phenoxy) is 1. The minimum Gasteiger partial charge on any atom is -0.491 e. The molecule has 1 aliphatic rings. The minimum atomic E-state index is -0.208. The van der Waals surface area contributed by atoms with Gasteiger partial charge in [0, 0.05) is 18.3 Å². The highest BCUT2D eigenvalue weighted by atomic mass is 16.5. The Balaban J connectivity index is 1.92. The van der Waals surface area contributed by atoms with Crippen LogP contribution in [0, 0.1) is 13.8 Å². The number of nitrogens with one attached hydrogen (secondary N) is 1. The second kappa shape index (κ2) is 6.35. The molecule has 0 aromatic heterocycles. The van der Waals surface area contributed by atoms with Crippen molar-refractivity contribution in [2.75, 3.05) is 23.9 Å². The fourth-order valence-electron chi connectivity index (χ4n) is 2.79. The highest BCUT2D eigenvalue weighted by molar-refractivity contribution is 6.06. The molecular formula is C19H20N2O3. The van der Waals surface area contributed by atoms with Crippen LogP contribution in [0.25, 0.3) is 0 Å². The lowest BCUT2D eigenvalue weighted by atomic mass is 10.1. The third-order valence-electron chi connectivity index (χ3n) is 4.25. The Kier molecular flexibility index (Phi) is 4.25. The number of carbonyl (C=O) groups is 2. The Morgan fingerprint density at radius 3 is 2.58 bits per heavy atom. The molecule has 0 bridgehead atoms. The van der Waals surface area contributed by atoms with Gasteiger partial charge in [-0.25, -0.2) is 0 Å². The van der Waals surface area contributed by atoms with E-state index in [0.29, 0.717) is 30.0 Å². The van der Waals surface area contributed by atoms with Gasteiger partial charge in [-0.2, -0.15) is 0 Å². The topological polar surface area (TPSA) is 58.6 Å². The summed E-state index contributed by atoms with van der Waals surface area (Å²) in [6.07, 6.45) is 0.328. The van der Waals surface area contributed by atoms with E-state index in [-0.39, 0.29) is 11.8 Å². The van der Waals surface area contributed by atoms with Crippen molar-refractivity contribution in [2.24, 2.45) is 0 Å². The van der Waals surface area contributed by atoms with Crippen molar-refractivity contribution in [3.63, 3.8) is 0 Å². The molecule has 2 aromatic carbocycles. The number of aryl methyl sites for hydroxylation is 2. The first-order chi connectivity index (χ1) is 11.5. The van der Waals surface area contributed by atoms with E-state index in [0.717, 1.165) is 16.8 Å². The molecule has 0 aliphatic carbocycles. The van der Waals surface area contributed by atoms with Gasteiger partial charge in [-0.15, -0.1) is 0 Å². The molecule has 0 saturated heterocycles. The molecule has 0 unspecified atom stereocenters. The lowest BCUT2D eigenvalue weighted by Gasteiger charge is -2.17. The molecule has 5 nitrogen and oxygen atoms in total. The molecule has 3 rings (SSSR count). The zero-order valence-corrected chi connectivity index (χ0v) is 14.1. The van der Waals surface area contributed by atoms with Gasteiger partial charge in [0.25, 0.3) is 5.91 Å². The molecule has 2 amide bonds. The highest BCUT2D eigenvalue weighted by Gasteiger charge is 2.21. The molecule has 1 N–H and O–H groups in total. The van der Waals surface area contributed by atoms with Gasteiger partial charge in [-0.05, 0) is 43.2 Å². The molecule has 0 radical (unpaired) electrons. The predicted octanol–water partition coefficient (Wildman–Crippen LogP) is 3.30. The average Bonchev–Trinajstić information content (AvgIpc) is 2.70. The lowest BCUT2D eigenvalue weighted by Crippen LogP contribution is -2.25. The zero-order valence-electron chi connectivity index (χ0n) is 14.1. The Hall–Kier alpha value is -2.82. The van der Waals surface area contributed by atoms with Gasteiger partial charge in [0.2, 0.25) is 5.91 Å². The number of rotatable bonds is 2. The third kappa shape index (κ3) is 2.97. The first-order valence-electron chi connectivity index (χ1n) is 7.88. The summed E-state index contributed by atoms with van der Waals surface area (Å²) in [5, 5.41) is 2.96. The number of hydrogen-bond donors (Lipinski definition) is 1. The minimum absolute atomic E-state index is 0.0268. The van der Waals surface area contributed by atoms with E-state index in [4.69, 9.17) is 4.74 Å². The number of nitrogens with zero attached hydrogens (tertiary/aromatic N) is 1. The number of para-hydroxylation sites is 1. The molecule has 24 heavy (non-hydrogen) atoms. The van der Waals surface area contributed by atoms with E-state index in [2.05, 4.69) is 5.32 Å². The summed E-state index contributed by atoms with van der Waals surface area (Å²) in [4.78, 5) is 26.1. The Labute approximate surface area is 141 Å². The second-order valence-electron chi connectivity index (χ2n) is 5.95. The van der Waals surface area contributed by atoms with Crippen LogP contribution in [0.5, 0.6) is 5.75 Å². The monoisotopic (exact) mass is 324 g/mol. The van der Waals surface area contributed by atoms with E-state index in [1.807, 2.05) is 32.0 Å². The molecular weight excluding hydrogens is 304 g/mol. The highest BCUT2D eigenvalue weighted by Crippen LogP contribution is 2.32. The molecule has 1 aliphatic heterocycles. The summed E-state index contributed by atoms with van der Waals surface area (Å²) >= 11 is 0. The molecule has 0 atom stereocenters. The SMILES string of the molecule is Cc1cccc(C)c1NC(=O)c1ccc2c(c1)N(C)C(=O)CCO2. The number of benzene rings is 2. The van der Waals surface area contributed by atoms with E-state index in [1.165, 1.54) is 4.90 Å². The van der Waals surface area contributed by atoms with Crippen LogP contribution in [-0.4, -0.2) is 25.5 Å². The van der Waals surface area contributed by atoms with Gasteiger partial charge in [-0.1, -0.05) is 18.2 Å². The van der Waals surface area contributed by atoms with Gasteiger partial charge in [0.1, 0.15) is 5.75 Å². The Bertz CT molecular complexity index is 794. The van der Waals surface area contributed by atoms with Gasteiger partial charge in [-0.3, -0.25) is 9.59 Å². The molecule has 124 valence electrons. The number of carbonyl (C=O) groups excluding carboxylic acids is 2. The van der Waals surface area contributed by atoms with Crippen LogP contribution in [0.3, 0.4) is 0 Å². The van der Waals surface area contributed by atoms with Crippen LogP contribution in [0.2, 0.25) is 0 Å². The lowest BCUT2D eigenvalue weighted by molar-refractivity contribution is -0.118. The summed E-state index contributed by atoms with van der Waals surface area (Å²) in [5.41, 5.74) is 3.94. The first-order valence-corrected chi connectivity index (χ1v) is 7.88. The van der Waals surface area contributed by atoms with Crippen LogP contribution < -0.4 is 15.0 Å². The zero-order chi connectivity index (χ0) is 17.3. The van der Waals surface area contributed by atoms with Crippen LogP contribution in [-0.2, 0) is 4.79 Å².